The average Bonchev–Trinajstić information content (AvgIpc) is 2.87. The van der Waals surface area contributed by atoms with Gasteiger partial charge in [0.25, 0.3) is 0 Å². The maximum atomic E-state index is 12.0. The molecule has 1 aromatic carbocycles. The van der Waals surface area contributed by atoms with Crippen LogP contribution in [0.5, 0.6) is 0 Å². The van der Waals surface area contributed by atoms with Crippen LogP contribution in [-0.4, -0.2) is 35.8 Å². The number of benzene rings is 1. The molecular weight excluding hydrogens is 256 g/mol. The van der Waals surface area contributed by atoms with Gasteiger partial charge in [-0.15, -0.1) is 0 Å². The van der Waals surface area contributed by atoms with Crippen molar-refractivity contribution in [2.24, 2.45) is 11.5 Å². The predicted molar refractivity (Wildman–Crippen MR) is 76.8 cm³/mol. The molecule has 2 amide bonds. The van der Waals surface area contributed by atoms with Gasteiger partial charge in [0.1, 0.15) is 0 Å². The number of amides is 2. The van der Waals surface area contributed by atoms with Crippen molar-refractivity contribution in [1.82, 2.24) is 4.90 Å². The minimum atomic E-state index is -0.361. The number of carbonyl (C=O) groups is 2. The number of nitrogens with zero attached hydrogens (tertiary/aromatic N) is 1. The molecule has 1 unspecified atom stereocenters. The first kappa shape index (κ1) is 14.5. The minimum absolute atomic E-state index is 0.146. The highest BCUT2D eigenvalue weighted by atomic mass is 16.2. The summed E-state index contributed by atoms with van der Waals surface area (Å²) in [7, 11) is 0. The van der Waals surface area contributed by atoms with Crippen LogP contribution in [0.4, 0.5) is 5.69 Å². The fourth-order valence-corrected chi connectivity index (χ4v) is 2.50. The van der Waals surface area contributed by atoms with E-state index in [1.807, 2.05) is 29.2 Å². The number of nitrogens with one attached hydrogen (secondary N) is 1. The van der Waals surface area contributed by atoms with Crippen LogP contribution in [0.25, 0.3) is 0 Å². The van der Waals surface area contributed by atoms with E-state index in [1.165, 1.54) is 0 Å². The predicted octanol–water partition coefficient (Wildman–Crippen LogP) is 0.0335. The van der Waals surface area contributed by atoms with Gasteiger partial charge in [0, 0.05) is 12.2 Å². The Bertz CT molecular complexity index is 504. The monoisotopic (exact) mass is 276 g/mol. The van der Waals surface area contributed by atoms with E-state index in [2.05, 4.69) is 5.32 Å². The topological polar surface area (TPSA) is 101 Å². The Morgan fingerprint density at radius 2 is 2.20 bits per heavy atom. The first-order valence-corrected chi connectivity index (χ1v) is 6.72. The lowest BCUT2D eigenvalue weighted by Crippen LogP contribution is -2.43. The first-order chi connectivity index (χ1) is 9.60. The lowest BCUT2D eigenvalue weighted by molar-refractivity contribution is -0.123. The van der Waals surface area contributed by atoms with E-state index in [0.29, 0.717) is 12.2 Å². The molecule has 0 aromatic heterocycles. The molecule has 20 heavy (non-hydrogen) atoms. The van der Waals surface area contributed by atoms with E-state index in [-0.39, 0.29) is 24.4 Å². The molecule has 5 N–H and O–H groups in total. The second-order valence-corrected chi connectivity index (χ2v) is 4.98. The van der Waals surface area contributed by atoms with E-state index in [0.717, 1.165) is 24.9 Å². The summed E-state index contributed by atoms with van der Waals surface area (Å²) < 4.78 is 0. The number of hydrogen-bond donors (Lipinski definition) is 3. The van der Waals surface area contributed by atoms with Gasteiger partial charge in [0.15, 0.2) is 0 Å². The molecule has 6 nitrogen and oxygen atoms in total. The second-order valence-electron chi connectivity index (χ2n) is 4.98. The van der Waals surface area contributed by atoms with Gasteiger partial charge >= 0.3 is 0 Å². The number of likely N-dealkylation sites (tertiary alicyclic amines) is 1. The summed E-state index contributed by atoms with van der Waals surface area (Å²) in [4.78, 5) is 25.1. The highest BCUT2D eigenvalue weighted by Gasteiger charge is 2.30. The molecule has 1 fully saturated rings. The highest BCUT2D eigenvalue weighted by molar-refractivity contribution is 5.93. The van der Waals surface area contributed by atoms with Crippen LogP contribution in [0.1, 0.15) is 18.4 Å². The van der Waals surface area contributed by atoms with Crippen LogP contribution < -0.4 is 16.8 Å². The van der Waals surface area contributed by atoms with Crippen molar-refractivity contribution in [3.63, 3.8) is 0 Å². The summed E-state index contributed by atoms with van der Waals surface area (Å²) in [6.07, 6.45) is 1.62. The van der Waals surface area contributed by atoms with Crippen molar-refractivity contribution in [1.29, 1.82) is 0 Å². The van der Waals surface area contributed by atoms with Gasteiger partial charge in [-0.1, -0.05) is 12.1 Å². The van der Waals surface area contributed by atoms with Gasteiger partial charge in [0.2, 0.25) is 11.8 Å². The number of rotatable bonds is 5. The van der Waals surface area contributed by atoms with E-state index >= 15 is 0 Å². The van der Waals surface area contributed by atoms with E-state index in [9.17, 15) is 9.59 Å². The SMILES string of the molecule is NCc1cccc(NC(=O)CN2CCCC2C(N)=O)c1. The molecule has 0 spiro atoms. The van der Waals surface area contributed by atoms with Crippen LogP contribution in [0.15, 0.2) is 24.3 Å². The van der Waals surface area contributed by atoms with Gasteiger partial charge in [-0.3, -0.25) is 14.5 Å². The summed E-state index contributed by atoms with van der Waals surface area (Å²) in [5, 5.41) is 2.81. The van der Waals surface area contributed by atoms with Gasteiger partial charge in [0.05, 0.1) is 12.6 Å². The maximum absolute atomic E-state index is 12.0. The first-order valence-electron chi connectivity index (χ1n) is 6.72. The van der Waals surface area contributed by atoms with E-state index in [1.54, 1.807) is 0 Å². The summed E-state index contributed by atoms with van der Waals surface area (Å²) in [6.45, 7) is 1.34. The molecule has 6 heteroatoms. The van der Waals surface area contributed by atoms with Crippen LogP contribution in [-0.2, 0) is 16.1 Å². The molecule has 0 aliphatic carbocycles. The van der Waals surface area contributed by atoms with E-state index < -0.39 is 0 Å². The number of hydrogen-bond acceptors (Lipinski definition) is 4. The molecule has 0 saturated carbocycles. The third-order valence-corrected chi connectivity index (χ3v) is 3.49. The highest BCUT2D eigenvalue weighted by Crippen LogP contribution is 2.17. The number of nitrogens with two attached hydrogens (primary N) is 2. The van der Waals surface area contributed by atoms with Gasteiger partial charge < -0.3 is 16.8 Å². The largest absolute Gasteiger partial charge is 0.368 e. The second kappa shape index (κ2) is 6.49. The molecule has 0 bridgehead atoms. The summed E-state index contributed by atoms with van der Waals surface area (Å²) in [5.41, 5.74) is 12.6. The Hall–Kier alpha value is -1.92. The van der Waals surface area contributed by atoms with Gasteiger partial charge in [-0.05, 0) is 37.1 Å². The van der Waals surface area contributed by atoms with Crippen molar-refractivity contribution < 1.29 is 9.59 Å². The lowest BCUT2D eigenvalue weighted by Gasteiger charge is -2.21. The standard InChI is InChI=1S/C14H20N4O2/c15-8-10-3-1-4-11(7-10)17-13(19)9-18-6-2-5-12(18)14(16)20/h1,3-4,7,12H,2,5-6,8-9,15H2,(H2,16,20)(H,17,19). The Morgan fingerprint density at radius 3 is 2.90 bits per heavy atom. The minimum Gasteiger partial charge on any atom is -0.368 e. The third-order valence-electron chi connectivity index (χ3n) is 3.49. The Labute approximate surface area is 118 Å². The van der Waals surface area contributed by atoms with Crippen LogP contribution in [0.3, 0.4) is 0 Å². The van der Waals surface area contributed by atoms with Gasteiger partial charge in [-0.2, -0.15) is 0 Å². The zero-order valence-corrected chi connectivity index (χ0v) is 11.3. The summed E-state index contributed by atoms with van der Waals surface area (Å²) in [6, 6.07) is 7.08. The Kier molecular flexibility index (Phi) is 4.70. The molecule has 1 atom stereocenters. The van der Waals surface area contributed by atoms with E-state index in [4.69, 9.17) is 11.5 Å². The van der Waals surface area contributed by atoms with Crippen LogP contribution >= 0.6 is 0 Å². The zero-order valence-electron chi connectivity index (χ0n) is 11.3. The van der Waals surface area contributed by atoms with Crippen molar-refractivity contribution in [2.45, 2.75) is 25.4 Å². The van der Waals surface area contributed by atoms with Crippen molar-refractivity contribution >= 4 is 17.5 Å². The summed E-state index contributed by atoms with van der Waals surface area (Å²) in [5.74, 6) is -0.507. The zero-order chi connectivity index (χ0) is 14.5. The smallest absolute Gasteiger partial charge is 0.238 e. The molecular formula is C14H20N4O2. The molecule has 2 rings (SSSR count). The normalized spacial score (nSPS) is 18.9. The molecule has 1 heterocycles. The quantitative estimate of drug-likeness (QED) is 0.706. The molecule has 1 aromatic rings. The maximum Gasteiger partial charge on any atom is 0.238 e. The number of primary amides is 1. The molecule has 108 valence electrons. The molecule has 1 aliphatic heterocycles. The van der Waals surface area contributed by atoms with Crippen molar-refractivity contribution in [3.8, 4) is 0 Å². The van der Waals surface area contributed by atoms with Crippen molar-refractivity contribution in [3.05, 3.63) is 29.8 Å². The molecule has 1 saturated heterocycles. The average molecular weight is 276 g/mol. The fraction of sp³-hybridized carbons (Fsp3) is 0.429. The number of anilines is 1. The number of carbonyl (C=O) groups excluding carboxylic acids is 2. The third kappa shape index (κ3) is 3.55. The molecule has 1 aliphatic rings. The summed E-state index contributed by atoms with van der Waals surface area (Å²) >= 11 is 0. The van der Waals surface area contributed by atoms with Crippen LogP contribution in [0.2, 0.25) is 0 Å². The Balaban J connectivity index is 1.93. The Morgan fingerprint density at radius 1 is 1.40 bits per heavy atom. The lowest BCUT2D eigenvalue weighted by atomic mass is 10.2. The molecule has 0 radical (unpaired) electrons. The fourth-order valence-electron chi connectivity index (χ4n) is 2.50. The van der Waals surface area contributed by atoms with Crippen molar-refractivity contribution in [2.75, 3.05) is 18.4 Å². The van der Waals surface area contributed by atoms with Gasteiger partial charge in [-0.25, -0.2) is 0 Å². The van der Waals surface area contributed by atoms with Crippen LogP contribution in [0, 0.1) is 0 Å².